The first-order valence-corrected chi connectivity index (χ1v) is 13.3. The van der Waals surface area contributed by atoms with Crippen LogP contribution in [0, 0.1) is 17.8 Å². The third-order valence-corrected chi connectivity index (χ3v) is 7.14. The van der Waals surface area contributed by atoms with Crippen LogP contribution in [0.2, 0.25) is 0 Å². The molecule has 9 nitrogen and oxygen atoms in total. The van der Waals surface area contributed by atoms with E-state index in [-0.39, 0.29) is 25.5 Å². The second kappa shape index (κ2) is 11.1. The maximum Gasteiger partial charge on any atom is 0.408 e. The highest BCUT2D eigenvalue weighted by molar-refractivity contribution is 5.96. The number of esters is 2. The van der Waals surface area contributed by atoms with Gasteiger partial charge in [0, 0.05) is 23.9 Å². The number of rotatable bonds is 8. The number of carbonyl (C=O) groups is 4. The predicted octanol–water partition coefficient (Wildman–Crippen LogP) is 4.11. The Morgan fingerprint density at radius 2 is 1.51 bits per heavy atom. The fourth-order valence-corrected chi connectivity index (χ4v) is 5.63. The highest BCUT2D eigenvalue weighted by Gasteiger charge is 2.76. The summed E-state index contributed by atoms with van der Waals surface area (Å²) in [4.78, 5) is 52.3. The maximum atomic E-state index is 13.3. The van der Waals surface area contributed by atoms with Crippen LogP contribution in [-0.4, -0.2) is 54.3 Å². The average molecular weight is 537 g/mol. The van der Waals surface area contributed by atoms with E-state index in [1.807, 2.05) is 42.5 Å². The number of nitrogens with one attached hydrogen (secondary N) is 2. The molecule has 2 aliphatic rings. The van der Waals surface area contributed by atoms with Crippen molar-refractivity contribution >= 4 is 23.9 Å². The monoisotopic (exact) mass is 536 g/mol. The maximum absolute atomic E-state index is 13.3. The van der Waals surface area contributed by atoms with E-state index in [0.717, 1.165) is 11.1 Å². The lowest BCUT2D eigenvalue weighted by Crippen LogP contribution is -2.59. The van der Waals surface area contributed by atoms with E-state index in [9.17, 15) is 19.2 Å². The Morgan fingerprint density at radius 1 is 0.897 bits per heavy atom. The van der Waals surface area contributed by atoms with E-state index >= 15 is 0 Å². The number of carbonyl (C=O) groups excluding carboxylic acids is 4. The lowest BCUT2D eigenvalue weighted by atomic mass is 9.88. The number of benzene rings is 2. The minimum Gasteiger partial charge on any atom is -0.466 e. The Kier molecular flexibility index (Phi) is 7.99. The molecule has 2 aromatic rings. The first kappa shape index (κ1) is 28.1. The number of amides is 2. The van der Waals surface area contributed by atoms with Crippen LogP contribution in [0.15, 0.2) is 54.6 Å². The first-order chi connectivity index (χ1) is 18.5. The quantitative estimate of drug-likeness (QED) is 0.385. The number of ether oxygens (including phenoxy) is 3. The van der Waals surface area contributed by atoms with E-state index in [0.29, 0.717) is 5.56 Å². The molecule has 39 heavy (non-hydrogen) atoms. The van der Waals surface area contributed by atoms with Gasteiger partial charge in [-0.1, -0.05) is 42.5 Å². The van der Waals surface area contributed by atoms with Crippen LogP contribution in [0.25, 0.3) is 11.1 Å². The van der Waals surface area contributed by atoms with Gasteiger partial charge in [0.05, 0.1) is 19.1 Å². The molecule has 5 atom stereocenters. The van der Waals surface area contributed by atoms with Crippen molar-refractivity contribution in [3.8, 4) is 11.1 Å². The zero-order chi connectivity index (χ0) is 28.4. The Morgan fingerprint density at radius 3 is 2.10 bits per heavy atom. The number of hydrogen-bond donors (Lipinski definition) is 2. The SMILES string of the molecule is CCOC(=O)C1C2C(NC(=O)c3ccc(-c4ccccc4)cc3)CC(NC(=O)OC(C)(C)C)(C(=O)OCC)C12. The summed E-state index contributed by atoms with van der Waals surface area (Å²) in [5, 5.41) is 5.73. The molecule has 2 aliphatic carbocycles. The molecule has 2 fully saturated rings. The van der Waals surface area contributed by atoms with Gasteiger partial charge >= 0.3 is 18.0 Å². The molecule has 9 heteroatoms. The third-order valence-electron chi connectivity index (χ3n) is 7.14. The highest BCUT2D eigenvalue weighted by Crippen LogP contribution is 2.63. The van der Waals surface area contributed by atoms with Gasteiger partial charge in [-0.15, -0.1) is 0 Å². The molecule has 2 N–H and O–H groups in total. The van der Waals surface area contributed by atoms with Crippen molar-refractivity contribution in [2.75, 3.05) is 13.2 Å². The molecule has 2 aromatic carbocycles. The molecule has 0 aromatic heterocycles. The van der Waals surface area contributed by atoms with Crippen molar-refractivity contribution in [3.63, 3.8) is 0 Å². The minimum atomic E-state index is -1.55. The minimum absolute atomic E-state index is 0.0597. The summed E-state index contributed by atoms with van der Waals surface area (Å²) < 4.78 is 16.1. The van der Waals surface area contributed by atoms with Gasteiger partial charge in [-0.3, -0.25) is 9.59 Å². The topological polar surface area (TPSA) is 120 Å². The summed E-state index contributed by atoms with van der Waals surface area (Å²) in [5.41, 5.74) is 0.0940. The van der Waals surface area contributed by atoms with E-state index in [1.165, 1.54) is 0 Å². The lowest BCUT2D eigenvalue weighted by molar-refractivity contribution is -0.153. The molecule has 0 heterocycles. The normalized spacial score (nSPS) is 25.2. The largest absolute Gasteiger partial charge is 0.466 e. The molecule has 0 radical (unpaired) electrons. The van der Waals surface area contributed by atoms with Gasteiger partial charge in [-0.2, -0.15) is 0 Å². The van der Waals surface area contributed by atoms with Gasteiger partial charge in [0.2, 0.25) is 0 Å². The summed E-state index contributed by atoms with van der Waals surface area (Å²) in [7, 11) is 0. The molecular formula is C30H36N2O7. The van der Waals surface area contributed by atoms with E-state index in [2.05, 4.69) is 10.6 Å². The van der Waals surface area contributed by atoms with Crippen LogP contribution in [0.4, 0.5) is 4.79 Å². The Hall–Kier alpha value is -3.88. The number of hydrogen-bond acceptors (Lipinski definition) is 7. The van der Waals surface area contributed by atoms with Crippen molar-refractivity contribution in [3.05, 3.63) is 60.2 Å². The number of fused-ring (bicyclic) bond motifs is 1. The van der Waals surface area contributed by atoms with Crippen LogP contribution in [-0.2, 0) is 23.8 Å². The second-order valence-corrected chi connectivity index (χ2v) is 10.9. The molecule has 0 bridgehead atoms. The summed E-state index contributed by atoms with van der Waals surface area (Å²) in [6.45, 7) is 8.77. The molecule has 0 aliphatic heterocycles. The summed E-state index contributed by atoms with van der Waals surface area (Å²) in [5.74, 6) is -3.17. The van der Waals surface area contributed by atoms with E-state index < -0.39 is 53.0 Å². The molecule has 208 valence electrons. The van der Waals surface area contributed by atoms with Gasteiger partial charge in [0.25, 0.3) is 5.91 Å². The van der Waals surface area contributed by atoms with Gasteiger partial charge in [0.15, 0.2) is 0 Å². The average Bonchev–Trinajstić information content (AvgIpc) is 3.57. The number of alkyl carbamates (subject to hydrolysis) is 1. The molecule has 2 amide bonds. The van der Waals surface area contributed by atoms with Crippen molar-refractivity contribution in [2.45, 2.75) is 58.2 Å². The van der Waals surface area contributed by atoms with Crippen LogP contribution >= 0.6 is 0 Å². The van der Waals surface area contributed by atoms with Crippen molar-refractivity contribution in [2.24, 2.45) is 17.8 Å². The Bertz CT molecular complexity index is 1220. The van der Waals surface area contributed by atoms with Gasteiger partial charge in [0.1, 0.15) is 11.1 Å². The summed E-state index contributed by atoms with van der Waals surface area (Å²) >= 11 is 0. The van der Waals surface area contributed by atoms with Crippen molar-refractivity contribution in [1.82, 2.24) is 10.6 Å². The molecule has 5 unspecified atom stereocenters. The lowest BCUT2D eigenvalue weighted by Gasteiger charge is -2.33. The van der Waals surface area contributed by atoms with Gasteiger partial charge < -0.3 is 24.8 Å². The zero-order valence-electron chi connectivity index (χ0n) is 23.0. The van der Waals surface area contributed by atoms with Crippen LogP contribution in [0.3, 0.4) is 0 Å². The van der Waals surface area contributed by atoms with E-state index in [1.54, 1.807) is 46.8 Å². The second-order valence-electron chi connectivity index (χ2n) is 10.9. The third kappa shape index (κ3) is 5.92. The standard InChI is InChI=1S/C30H36N2O7/c1-6-37-26(34)23-22-21(31-25(33)20-15-13-19(14-16-20)18-11-9-8-10-12-18)17-30(24(22)23,27(35)38-7-2)32-28(36)39-29(3,4)5/h8-16,21-24H,6-7,17H2,1-5H3,(H,31,33)(H,32,36). The summed E-state index contributed by atoms with van der Waals surface area (Å²) in [6.07, 6.45) is -0.739. The fourth-order valence-electron chi connectivity index (χ4n) is 5.63. The smallest absolute Gasteiger partial charge is 0.408 e. The van der Waals surface area contributed by atoms with Gasteiger partial charge in [-0.25, -0.2) is 9.59 Å². The van der Waals surface area contributed by atoms with Crippen LogP contribution < -0.4 is 10.6 Å². The first-order valence-electron chi connectivity index (χ1n) is 13.3. The molecule has 0 spiro atoms. The van der Waals surface area contributed by atoms with E-state index in [4.69, 9.17) is 14.2 Å². The molecule has 4 rings (SSSR count). The summed E-state index contributed by atoms with van der Waals surface area (Å²) in [6, 6.07) is 16.4. The highest BCUT2D eigenvalue weighted by atomic mass is 16.6. The molecule has 2 saturated carbocycles. The predicted molar refractivity (Wildman–Crippen MR) is 144 cm³/mol. The van der Waals surface area contributed by atoms with Crippen molar-refractivity contribution < 1.29 is 33.4 Å². The zero-order valence-corrected chi connectivity index (χ0v) is 23.0. The van der Waals surface area contributed by atoms with Crippen molar-refractivity contribution in [1.29, 1.82) is 0 Å². The molecule has 0 saturated heterocycles. The van der Waals surface area contributed by atoms with Crippen LogP contribution in [0.1, 0.15) is 51.4 Å². The van der Waals surface area contributed by atoms with Gasteiger partial charge in [-0.05, 0) is 63.8 Å². The Balaban J connectivity index is 1.59. The fraction of sp³-hybridized carbons (Fsp3) is 0.467. The molecular weight excluding hydrogens is 500 g/mol. The van der Waals surface area contributed by atoms with Crippen LogP contribution in [0.5, 0.6) is 0 Å². The Labute approximate surface area is 228 Å².